The van der Waals surface area contributed by atoms with Gasteiger partial charge in [-0.2, -0.15) is 5.26 Å². The summed E-state index contributed by atoms with van der Waals surface area (Å²) >= 11 is 0. The van der Waals surface area contributed by atoms with Crippen molar-refractivity contribution in [1.82, 2.24) is 0 Å². The third-order valence-corrected chi connectivity index (χ3v) is 2.16. The van der Waals surface area contributed by atoms with Crippen LogP contribution in [0.5, 0.6) is 0 Å². The predicted molar refractivity (Wildman–Crippen MR) is 44.8 cm³/mol. The fourth-order valence-corrected chi connectivity index (χ4v) is 1.46. The maximum absolute atomic E-state index is 10.5. The van der Waals surface area contributed by atoms with Crippen molar-refractivity contribution in [2.24, 2.45) is 11.7 Å². The molecule has 64 valence electrons. The van der Waals surface area contributed by atoms with E-state index in [9.17, 15) is 4.79 Å². The molecule has 0 aromatic heterocycles. The molecule has 0 spiro atoms. The number of hydrogen-bond acceptors (Lipinski definition) is 2. The van der Waals surface area contributed by atoms with E-state index in [1.54, 1.807) is 0 Å². The summed E-state index contributed by atoms with van der Waals surface area (Å²) in [5.74, 6) is -0.199. The Balaban J connectivity index is 2.47. The lowest BCUT2D eigenvalue weighted by Gasteiger charge is -2.17. The maximum atomic E-state index is 10.5. The van der Waals surface area contributed by atoms with Gasteiger partial charge in [0.1, 0.15) is 0 Å². The Hall–Kier alpha value is -1.30. The number of rotatable bonds is 1. The summed E-state index contributed by atoms with van der Waals surface area (Å²) < 4.78 is 0. The molecule has 2 N–H and O–H groups in total. The molecule has 3 nitrogen and oxygen atoms in total. The van der Waals surface area contributed by atoms with Gasteiger partial charge in [-0.3, -0.25) is 4.79 Å². The number of nitrogens with zero attached hydrogens (tertiary/aromatic N) is 1. The van der Waals surface area contributed by atoms with Crippen LogP contribution in [0.15, 0.2) is 11.6 Å². The molecule has 0 saturated heterocycles. The zero-order valence-corrected chi connectivity index (χ0v) is 6.92. The molecule has 0 bridgehead atoms. The van der Waals surface area contributed by atoms with Crippen LogP contribution in [0.2, 0.25) is 0 Å². The molecule has 1 saturated carbocycles. The van der Waals surface area contributed by atoms with E-state index in [1.807, 2.05) is 0 Å². The first kappa shape index (κ1) is 8.79. The van der Waals surface area contributed by atoms with E-state index in [2.05, 4.69) is 6.07 Å². The van der Waals surface area contributed by atoms with Crippen LogP contribution in [-0.2, 0) is 4.79 Å². The molecule has 1 rings (SSSR count). The smallest absolute Gasteiger partial charge is 0.241 e. The van der Waals surface area contributed by atoms with Gasteiger partial charge in [0.2, 0.25) is 5.91 Å². The molecule has 1 aliphatic rings. The van der Waals surface area contributed by atoms with Crippen LogP contribution in [0.4, 0.5) is 0 Å². The fraction of sp³-hybridized carbons (Fsp3) is 0.556. The summed E-state index contributed by atoms with van der Waals surface area (Å²) in [5, 5.41) is 8.60. The fourth-order valence-electron chi connectivity index (χ4n) is 1.46. The minimum Gasteiger partial charge on any atom is -0.366 e. The Morgan fingerprint density at radius 2 is 2.17 bits per heavy atom. The van der Waals surface area contributed by atoms with Gasteiger partial charge in [0.15, 0.2) is 0 Å². The summed E-state index contributed by atoms with van der Waals surface area (Å²) in [7, 11) is 0. The first-order valence-corrected chi connectivity index (χ1v) is 4.11. The Kier molecular flexibility index (Phi) is 2.87. The summed E-state index contributed by atoms with van der Waals surface area (Å²) in [4.78, 5) is 10.5. The SMILES string of the molecule is N#CC1CCC(=CC(N)=O)CC1. The predicted octanol–water partition coefficient (Wildman–Crippen LogP) is 1.11. The number of allylic oxidation sites excluding steroid dienone is 1. The lowest BCUT2D eigenvalue weighted by Crippen LogP contribution is -2.11. The van der Waals surface area contributed by atoms with Crippen molar-refractivity contribution in [3.63, 3.8) is 0 Å². The molecule has 0 aliphatic heterocycles. The highest BCUT2D eigenvalue weighted by Crippen LogP contribution is 2.27. The number of carbonyl (C=O) groups is 1. The van der Waals surface area contributed by atoms with Crippen molar-refractivity contribution < 1.29 is 4.79 Å². The maximum Gasteiger partial charge on any atom is 0.241 e. The van der Waals surface area contributed by atoms with E-state index in [-0.39, 0.29) is 11.8 Å². The second-order valence-electron chi connectivity index (χ2n) is 3.11. The van der Waals surface area contributed by atoms with Crippen molar-refractivity contribution in [3.8, 4) is 6.07 Å². The third kappa shape index (κ3) is 2.39. The van der Waals surface area contributed by atoms with Crippen LogP contribution in [0.1, 0.15) is 25.7 Å². The highest BCUT2D eigenvalue weighted by atomic mass is 16.1. The number of nitriles is 1. The number of nitrogens with two attached hydrogens (primary N) is 1. The van der Waals surface area contributed by atoms with Gasteiger partial charge in [0, 0.05) is 12.0 Å². The summed E-state index contributed by atoms with van der Waals surface area (Å²) in [6.45, 7) is 0. The molecule has 1 aliphatic carbocycles. The quantitative estimate of drug-likeness (QED) is 0.590. The van der Waals surface area contributed by atoms with Crippen LogP contribution in [-0.4, -0.2) is 5.91 Å². The van der Waals surface area contributed by atoms with E-state index in [4.69, 9.17) is 11.0 Å². The number of amides is 1. The zero-order valence-electron chi connectivity index (χ0n) is 6.92. The largest absolute Gasteiger partial charge is 0.366 e. The van der Waals surface area contributed by atoms with Gasteiger partial charge in [-0.15, -0.1) is 0 Å². The Morgan fingerprint density at radius 1 is 1.58 bits per heavy atom. The van der Waals surface area contributed by atoms with Crippen molar-refractivity contribution >= 4 is 5.91 Å². The van der Waals surface area contributed by atoms with Crippen LogP contribution < -0.4 is 5.73 Å². The van der Waals surface area contributed by atoms with E-state index in [0.29, 0.717) is 0 Å². The topological polar surface area (TPSA) is 66.9 Å². The van der Waals surface area contributed by atoms with Gasteiger partial charge < -0.3 is 5.73 Å². The molecule has 0 aromatic rings. The first-order valence-electron chi connectivity index (χ1n) is 4.11. The van der Waals surface area contributed by atoms with Gasteiger partial charge in [-0.05, 0) is 25.7 Å². The van der Waals surface area contributed by atoms with Crippen LogP contribution in [0.3, 0.4) is 0 Å². The van der Waals surface area contributed by atoms with E-state index in [1.165, 1.54) is 6.08 Å². The average molecular weight is 164 g/mol. The number of carbonyl (C=O) groups excluding carboxylic acids is 1. The lowest BCUT2D eigenvalue weighted by atomic mass is 9.86. The second-order valence-corrected chi connectivity index (χ2v) is 3.11. The molecule has 0 heterocycles. The molecule has 3 heteroatoms. The molecule has 0 radical (unpaired) electrons. The summed E-state index contributed by atoms with van der Waals surface area (Å²) in [5.41, 5.74) is 6.10. The molecular weight excluding hydrogens is 152 g/mol. The molecular formula is C9H12N2O. The normalized spacial score (nSPS) is 22.9. The molecule has 0 unspecified atom stereocenters. The monoisotopic (exact) mass is 164 g/mol. The van der Waals surface area contributed by atoms with Gasteiger partial charge in [0.25, 0.3) is 0 Å². The Morgan fingerprint density at radius 3 is 2.58 bits per heavy atom. The minimum atomic E-state index is -0.375. The van der Waals surface area contributed by atoms with E-state index < -0.39 is 0 Å². The summed E-state index contributed by atoms with van der Waals surface area (Å²) in [6.07, 6.45) is 4.93. The van der Waals surface area contributed by atoms with Crippen molar-refractivity contribution in [2.45, 2.75) is 25.7 Å². The third-order valence-electron chi connectivity index (χ3n) is 2.16. The molecule has 1 amide bonds. The van der Waals surface area contributed by atoms with Gasteiger partial charge in [-0.1, -0.05) is 5.57 Å². The van der Waals surface area contributed by atoms with Crippen molar-refractivity contribution in [1.29, 1.82) is 5.26 Å². The molecule has 1 fully saturated rings. The molecule has 0 aromatic carbocycles. The van der Waals surface area contributed by atoms with E-state index in [0.717, 1.165) is 31.3 Å². The second kappa shape index (κ2) is 3.91. The Bertz CT molecular complexity index is 240. The zero-order chi connectivity index (χ0) is 8.97. The van der Waals surface area contributed by atoms with Gasteiger partial charge >= 0.3 is 0 Å². The number of primary amides is 1. The standard InChI is InChI=1S/C9H12N2O/c10-6-8-3-1-7(2-4-8)5-9(11)12/h5,8H,1-4H2,(H2,11,12). The van der Waals surface area contributed by atoms with Crippen LogP contribution >= 0.6 is 0 Å². The lowest BCUT2D eigenvalue weighted by molar-refractivity contribution is -0.113. The van der Waals surface area contributed by atoms with Crippen molar-refractivity contribution in [2.75, 3.05) is 0 Å². The summed E-state index contributed by atoms with van der Waals surface area (Å²) in [6, 6.07) is 2.23. The average Bonchev–Trinajstić information content (AvgIpc) is 2.05. The van der Waals surface area contributed by atoms with Gasteiger partial charge in [-0.25, -0.2) is 0 Å². The van der Waals surface area contributed by atoms with Crippen LogP contribution in [0, 0.1) is 17.2 Å². The first-order chi connectivity index (χ1) is 5.72. The molecule has 0 atom stereocenters. The molecule has 12 heavy (non-hydrogen) atoms. The minimum absolute atomic E-state index is 0.176. The highest BCUT2D eigenvalue weighted by Gasteiger charge is 2.15. The van der Waals surface area contributed by atoms with Crippen molar-refractivity contribution in [3.05, 3.63) is 11.6 Å². The number of hydrogen-bond donors (Lipinski definition) is 1. The Labute approximate surface area is 71.9 Å². The highest BCUT2D eigenvalue weighted by molar-refractivity contribution is 5.86. The van der Waals surface area contributed by atoms with Gasteiger partial charge in [0.05, 0.1) is 6.07 Å². The van der Waals surface area contributed by atoms with E-state index >= 15 is 0 Å². The van der Waals surface area contributed by atoms with Crippen LogP contribution in [0.25, 0.3) is 0 Å².